The van der Waals surface area contributed by atoms with E-state index in [-0.39, 0.29) is 10.9 Å². The Bertz CT molecular complexity index is 767. The van der Waals surface area contributed by atoms with E-state index >= 15 is 0 Å². The molecular weight excluding hydrogens is 334 g/mol. The largest absolute Gasteiger partial charge is 0.497 e. The minimum atomic E-state index is -3.66. The van der Waals surface area contributed by atoms with Crippen LogP contribution in [0.25, 0.3) is 0 Å². The molecule has 0 bridgehead atoms. The average Bonchev–Trinajstić information content (AvgIpc) is 3.27. The van der Waals surface area contributed by atoms with Crippen LogP contribution in [0.1, 0.15) is 18.4 Å². The molecule has 0 unspecified atom stereocenters. The molecule has 0 atom stereocenters. The van der Waals surface area contributed by atoms with Gasteiger partial charge in [0, 0.05) is 18.7 Å². The van der Waals surface area contributed by atoms with E-state index in [4.69, 9.17) is 9.47 Å². The van der Waals surface area contributed by atoms with Crippen LogP contribution in [0.4, 0.5) is 0 Å². The van der Waals surface area contributed by atoms with E-state index in [1.54, 1.807) is 27.8 Å². The summed E-state index contributed by atoms with van der Waals surface area (Å²) < 4.78 is 38.4. The molecule has 1 heterocycles. The lowest BCUT2D eigenvalue weighted by Crippen LogP contribution is -2.32. The van der Waals surface area contributed by atoms with Gasteiger partial charge in [0.2, 0.25) is 10.0 Å². The number of methoxy groups -OCH3 is 2. The zero-order valence-electron chi connectivity index (χ0n) is 13.1. The van der Waals surface area contributed by atoms with Crippen molar-refractivity contribution in [1.82, 2.24) is 4.31 Å². The summed E-state index contributed by atoms with van der Waals surface area (Å²) in [6.45, 7) is 0.386. The molecule has 0 saturated heterocycles. The van der Waals surface area contributed by atoms with Gasteiger partial charge >= 0.3 is 0 Å². The second-order valence-electron chi connectivity index (χ2n) is 5.43. The zero-order chi connectivity index (χ0) is 16.4. The van der Waals surface area contributed by atoms with E-state index in [0.717, 1.165) is 18.4 Å². The van der Waals surface area contributed by atoms with Gasteiger partial charge < -0.3 is 9.47 Å². The Morgan fingerprint density at radius 2 is 2.00 bits per heavy atom. The molecular formula is C16H19NO4S2. The van der Waals surface area contributed by atoms with Gasteiger partial charge in [-0.05, 0) is 47.4 Å². The number of nitrogens with zero attached hydrogens (tertiary/aromatic N) is 1. The second kappa shape index (κ2) is 6.51. The lowest BCUT2D eigenvalue weighted by atomic mass is 10.3. The Balaban J connectivity index is 2.01. The molecule has 0 amide bonds. The Kier molecular flexibility index (Phi) is 4.61. The first kappa shape index (κ1) is 16.3. The van der Waals surface area contributed by atoms with Crippen LogP contribution in [0.15, 0.2) is 39.9 Å². The molecule has 3 rings (SSSR count). The number of ether oxygens (including phenoxy) is 2. The first-order chi connectivity index (χ1) is 11.1. The average molecular weight is 353 g/mol. The second-order valence-corrected chi connectivity index (χ2v) is 8.07. The number of thiophene rings is 1. The summed E-state index contributed by atoms with van der Waals surface area (Å²) in [6, 6.07) is 6.87. The molecule has 2 aromatic rings. The number of sulfonamides is 1. The van der Waals surface area contributed by atoms with Gasteiger partial charge in [0.25, 0.3) is 0 Å². The van der Waals surface area contributed by atoms with Crippen molar-refractivity contribution < 1.29 is 17.9 Å². The topological polar surface area (TPSA) is 55.8 Å². The van der Waals surface area contributed by atoms with Crippen molar-refractivity contribution in [1.29, 1.82) is 0 Å². The number of benzene rings is 1. The maximum Gasteiger partial charge on any atom is 0.247 e. The Labute approximate surface area is 140 Å². The standard InChI is InChI=1S/C16H19NO4S2/c1-20-14-5-6-15(21-2)16(9-14)23(18,19)17(13-3-4-13)10-12-7-8-22-11-12/h5-9,11,13H,3-4,10H2,1-2H3. The predicted octanol–water partition coefficient (Wildman–Crippen LogP) is 3.12. The Morgan fingerprint density at radius 3 is 2.57 bits per heavy atom. The lowest BCUT2D eigenvalue weighted by molar-refractivity contribution is 0.376. The molecule has 0 N–H and O–H groups in total. The Hall–Kier alpha value is -1.57. The van der Waals surface area contributed by atoms with Crippen LogP contribution in [-0.4, -0.2) is 33.0 Å². The molecule has 0 radical (unpaired) electrons. The number of hydrogen-bond acceptors (Lipinski definition) is 5. The highest BCUT2D eigenvalue weighted by atomic mass is 32.2. The van der Waals surface area contributed by atoms with Crippen molar-refractivity contribution in [2.75, 3.05) is 14.2 Å². The quantitative estimate of drug-likeness (QED) is 0.767. The molecule has 0 aliphatic heterocycles. The first-order valence-corrected chi connectivity index (χ1v) is 9.69. The molecule has 1 saturated carbocycles. The summed E-state index contributed by atoms with van der Waals surface area (Å²) in [5.74, 6) is 0.831. The molecule has 5 nitrogen and oxygen atoms in total. The highest BCUT2D eigenvalue weighted by molar-refractivity contribution is 7.89. The van der Waals surface area contributed by atoms with Gasteiger partial charge in [-0.15, -0.1) is 0 Å². The number of rotatable bonds is 7. The van der Waals surface area contributed by atoms with E-state index < -0.39 is 10.0 Å². The third kappa shape index (κ3) is 3.36. The van der Waals surface area contributed by atoms with E-state index in [1.807, 2.05) is 16.8 Å². The van der Waals surface area contributed by atoms with E-state index in [2.05, 4.69) is 0 Å². The fraction of sp³-hybridized carbons (Fsp3) is 0.375. The van der Waals surface area contributed by atoms with Gasteiger partial charge in [-0.3, -0.25) is 0 Å². The van der Waals surface area contributed by atoms with E-state index in [9.17, 15) is 8.42 Å². The van der Waals surface area contributed by atoms with Gasteiger partial charge in [-0.2, -0.15) is 15.6 Å². The summed E-state index contributed by atoms with van der Waals surface area (Å²) in [5.41, 5.74) is 1.01. The van der Waals surface area contributed by atoms with Crippen molar-refractivity contribution >= 4 is 21.4 Å². The van der Waals surface area contributed by atoms with Gasteiger partial charge in [0.05, 0.1) is 14.2 Å². The zero-order valence-corrected chi connectivity index (χ0v) is 14.7. The molecule has 1 aromatic carbocycles. The third-order valence-corrected chi connectivity index (χ3v) is 6.48. The number of hydrogen-bond donors (Lipinski definition) is 0. The molecule has 1 aromatic heterocycles. The lowest BCUT2D eigenvalue weighted by Gasteiger charge is -2.23. The van der Waals surface area contributed by atoms with Gasteiger partial charge in [0.1, 0.15) is 16.4 Å². The van der Waals surface area contributed by atoms with E-state index in [1.165, 1.54) is 20.3 Å². The first-order valence-electron chi connectivity index (χ1n) is 7.31. The van der Waals surface area contributed by atoms with Crippen molar-refractivity contribution in [3.05, 3.63) is 40.6 Å². The summed E-state index contributed by atoms with van der Waals surface area (Å²) in [4.78, 5) is 0.154. The molecule has 23 heavy (non-hydrogen) atoms. The highest BCUT2D eigenvalue weighted by Gasteiger charge is 2.39. The molecule has 1 aliphatic carbocycles. The van der Waals surface area contributed by atoms with Crippen LogP contribution in [-0.2, 0) is 16.6 Å². The smallest absolute Gasteiger partial charge is 0.247 e. The monoisotopic (exact) mass is 353 g/mol. The van der Waals surface area contributed by atoms with Crippen LogP contribution in [0.2, 0.25) is 0 Å². The minimum absolute atomic E-state index is 0.0656. The SMILES string of the molecule is COc1ccc(OC)c(S(=O)(=O)N(Cc2ccsc2)C2CC2)c1. The van der Waals surface area contributed by atoms with Crippen molar-refractivity contribution in [3.63, 3.8) is 0 Å². The third-order valence-electron chi connectivity index (χ3n) is 3.83. The van der Waals surface area contributed by atoms with Crippen LogP contribution < -0.4 is 9.47 Å². The predicted molar refractivity (Wildman–Crippen MR) is 89.6 cm³/mol. The molecule has 124 valence electrons. The Morgan fingerprint density at radius 1 is 1.22 bits per heavy atom. The van der Waals surface area contributed by atoms with Crippen LogP contribution in [0, 0.1) is 0 Å². The molecule has 0 spiro atoms. The normalized spacial score (nSPS) is 14.9. The molecule has 1 fully saturated rings. The van der Waals surface area contributed by atoms with Crippen molar-refractivity contribution in [2.45, 2.75) is 30.3 Å². The maximum atomic E-state index is 13.2. The van der Waals surface area contributed by atoms with Gasteiger partial charge in [-0.1, -0.05) is 0 Å². The summed E-state index contributed by atoms with van der Waals surface area (Å²) in [6.07, 6.45) is 1.80. The minimum Gasteiger partial charge on any atom is -0.497 e. The summed E-state index contributed by atoms with van der Waals surface area (Å²) >= 11 is 1.57. The summed E-state index contributed by atoms with van der Waals surface area (Å²) in [5, 5.41) is 3.94. The van der Waals surface area contributed by atoms with Crippen molar-refractivity contribution in [3.8, 4) is 11.5 Å². The molecule has 1 aliphatic rings. The van der Waals surface area contributed by atoms with Gasteiger partial charge in [-0.25, -0.2) is 8.42 Å². The van der Waals surface area contributed by atoms with Crippen LogP contribution in [0.5, 0.6) is 11.5 Å². The fourth-order valence-corrected chi connectivity index (χ4v) is 4.95. The fourth-order valence-electron chi connectivity index (χ4n) is 2.45. The van der Waals surface area contributed by atoms with Crippen LogP contribution >= 0.6 is 11.3 Å². The highest BCUT2D eigenvalue weighted by Crippen LogP contribution is 2.37. The maximum absolute atomic E-state index is 13.2. The van der Waals surface area contributed by atoms with Crippen LogP contribution in [0.3, 0.4) is 0 Å². The van der Waals surface area contributed by atoms with E-state index in [0.29, 0.717) is 18.0 Å². The summed E-state index contributed by atoms with van der Waals surface area (Å²) in [7, 11) is -0.667. The van der Waals surface area contributed by atoms with Crippen molar-refractivity contribution in [2.24, 2.45) is 0 Å². The van der Waals surface area contributed by atoms with Gasteiger partial charge in [0.15, 0.2) is 0 Å². The molecule has 7 heteroatoms.